The van der Waals surface area contributed by atoms with Gasteiger partial charge in [0.05, 0.1) is 28.4 Å². The quantitative estimate of drug-likeness (QED) is 0.123. The minimum Gasteiger partial charge on any atom is -0.497 e. The molecule has 0 N–H and O–H groups in total. The van der Waals surface area contributed by atoms with E-state index in [1.165, 1.54) is 32.1 Å². The Morgan fingerprint density at radius 2 is 1.22 bits per heavy atom. The molecule has 0 spiro atoms. The Balaban J connectivity index is 1.28. The van der Waals surface area contributed by atoms with Crippen LogP contribution in [-0.4, -0.2) is 89.4 Å². The molecule has 8 heteroatoms. The van der Waals surface area contributed by atoms with E-state index in [9.17, 15) is 4.79 Å². The molecule has 1 aliphatic heterocycles. The standard InChI is InChI=1S/C37H46N2O6/c1-41-32-21-28(22-33(25-32)42-2)36(37(40)29-23-34(43-3)26-35(24-29)44-4)20-27-10-12-31(13-11-27)45-19-18-38-14-16-39(17-15-38)30-8-6-5-7-9-30/h10-13,20-26,30H,5-9,14-19H2,1-4H3. The SMILES string of the molecule is COc1cc(OC)cc(C(=O)C(=Cc2ccc(OCCN3CCN(C4CCCCC4)CC3)cc2)c2cc(OC)cc(OC)c2)c1. The highest BCUT2D eigenvalue weighted by Gasteiger charge is 2.25. The average molecular weight is 615 g/mol. The Morgan fingerprint density at radius 3 is 1.76 bits per heavy atom. The molecule has 0 unspecified atom stereocenters. The molecule has 0 amide bonds. The van der Waals surface area contributed by atoms with Crippen LogP contribution in [-0.2, 0) is 0 Å². The molecule has 1 saturated heterocycles. The monoisotopic (exact) mass is 614 g/mol. The van der Waals surface area contributed by atoms with Gasteiger partial charge in [-0.15, -0.1) is 0 Å². The predicted molar refractivity (Wildman–Crippen MR) is 178 cm³/mol. The van der Waals surface area contributed by atoms with E-state index in [-0.39, 0.29) is 5.78 Å². The molecule has 2 fully saturated rings. The fraction of sp³-hybridized carbons (Fsp3) is 0.432. The molecular weight excluding hydrogens is 568 g/mol. The van der Waals surface area contributed by atoms with E-state index in [1.807, 2.05) is 42.5 Å². The summed E-state index contributed by atoms with van der Waals surface area (Å²) in [6, 6.07) is 19.2. The van der Waals surface area contributed by atoms with Gasteiger partial charge in [0.25, 0.3) is 0 Å². The summed E-state index contributed by atoms with van der Waals surface area (Å²) < 4.78 is 28.0. The lowest BCUT2D eigenvalue weighted by molar-refractivity contribution is 0.0718. The van der Waals surface area contributed by atoms with E-state index in [2.05, 4.69) is 9.80 Å². The van der Waals surface area contributed by atoms with E-state index < -0.39 is 0 Å². The second kappa shape index (κ2) is 15.8. The third kappa shape index (κ3) is 8.59. The first-order chi connectivity index (χ1) is 22.0. The van der Waals surface area contributed by atoms with Crippen LogP contribution in [0.3, 0.4) is 0 Å². The number of rotatable bonds is 13. The topological polar surface area (TPSA) is 69.7 Å². The maximum Gasteiger partial charge on any atom is 0.193 e. The van der Waals surface area contributed by atoms with Gasteiger partial charge in [0.1, 0.15) is 35.4 Å². The number of Topliss-reactive ketones (excluding diaryl/α,β-unsaturated/α-hetero) is 1. The molecule has 0 aromatic heterocycles. The molecule has 3 aromatic rings. The van der Waals surface area contributed by atoms with Crippen LogP contribution < -0.4 is 23.7 Å². The molecule has 1 aliphatic carbocycles. The number of nitrogens with zero attached hydrogens (tertiary/aromatic N) is 2. The third-order valence-corrected chi connectivity index (χ3v) is 8.89. The summed E-state index contributed by atoms with van der Waals surface area (Å²) in [6.07, 6.45) is 8.79. The Kier molecular flexibility index (Phi) is 11.4. The maximum atomic E-state index is 14.1. The zero-order valence-corrected chi connectivity index (χ0v) is 27.1. The molecule has 1 heterocycles. The smallest absolute Gasteiger partial charge is 0.193 e. The number of benzene rings is 3. The van der Waals surface area contributed by atoms with Crippen LogP contribution in [0, 0.1) is 0 Å². The Bertz CT molecular complexity index is 1400. The van der Waals surface area contributed by atoms with E-state index >= 15 is 0 Å². The Morgan fingerprint density at radius 1 is 0.689 bits per heavy atom. The number of carbonyl (C=O) groups is 1. The van der Waals surface area contributed by atoms with Gasteiger partial charge in [-0.1, -0.05) is 31.4 Å². The van der Waals surface area contributed by atoms with Gasteiger partial charge in [-0.3, -0.25) is 14.6 Å². The van der Waals surface area contributed by atoms with Crippen LogP contribution in [0.2, 0.25) is 0 Å². The van der Waals surface area contributed by atoms with Crippen molar-refractivity contribution in [3.63, 3.8) is 0 Å². The van der Waals surface area contributed by atoms with Gasteiger partial charge in [0.15, 0.2) is 5.78 Å². The number of ketones is 1. The highest BCUT2D eigenvalue weighted by atomic mass is 16.5. The summed E-state index contributed by atoms with van der Waals surface area (Å²) >= 11 is 0. The molecule has 5 rings (SSSR count). The highest BCUT2D eigenvalue weighted by molar-refractivity contribution is 6.32. The van der Waals surface area contributed by atoms with E-state index in [4.69, 9.17) is 23.7 Å². The first-order valence-electron chi connectivity index (χ1n) is 15.9. The molecule has 0 bridgehead atoms. The molecular formula is C37H46N2O6. The van der Waals surface area contributed by atoms with Gasteiger partial charge in [0, 0.05) is 62.0 Å². The summed E-state index contributed by atoms with van der Waals surface area (Å²) in [6.45, 7) is 6.09. The fourth-order valence-electron chi connectivity index (χ4n) is 6.25. The molecule has 3 aromatic carbocycles. The van der Waals surface area contributed by atoms with Crippen molar-refractivity contribution in [2.24, 2.45) is 0 Å². The van der Waals surface area contributed by atoms with Crippen LogP contribution in [0.5, 0.6) is 28.7 Å². The van der Waals surface area contributed by atoms with Crippen molar-refractivity contribution in [3.05, 3.63) is 77.4 Å². The van der Waals surface area contributed by atoms with Crippen LogP contribution >= 0.6 is 0 Å². The summed E-state index contributed by atoms with van der Waals surface area (Å²) in [5, 5.41) is 0. The molecule has 240 valence electrons. The van der Waals surface area contributed by atoms with Crippen molar-refractivity contribution >= 4 is 17.4 Å². The number of ether oxygens (including phenoxy) is 5. The highest BCUT2D eigenvalue weighted by Crippen LogP contribution is 2.33. The lowest BCUT2D eigenvalue weighted by atomic mass is 9.94. The second-order valence-corrected chi connectivity index (χ2v) is 11.7. The molecule has 1 saturated carbocycles. The van der Waals surface area contributed by atoms with Gasteiger partial charge in [0.2, 0.25) is 0 Å². The normalized spacial score (nSPS) is 16.7. The van der Waals surface area contributed by atoms with E-state index in [1.54, 1.807) is 52.7 Å². The van der Waals surface area contributed by atoms with Crippen molar-refractivity contribution in [1.82, 2.24) is 9.80 Å². The zero-order valence-electron chi connectivity index (χ0n) is 27.1. The van der Waals surface area contributed by atoms with E-state index in [0.29, 0.717) is 46.3 Å². The minimum atomic E-state index is -0.189. The van der Waals surface area contributed by atoms with Gasteiger partial charge in [-0.2, -0.15) is 0 Å². The molecule has 45 heavy (non-hydrogen) atoms. The minimum absolute atomic E-state index is 0.189. The van der Waals surface area contributed by atoms with Crippen molar-refractivity contribution in [2.45, 2.75) is 38.1 Å². The Labute approximate surface area is 267 Å². The number of allylic oxidation sites excluding steroid dienone is 1. The number of carbonyl (C=O) groups excluding carboxylic acids is 1. The van der Waals surface area contributed by atoms with Gasteiger partial charge >= 0.3 is 0 Å². The molecule has 8 nitrogen and oxygen atoms in total. The van der Waals surface area contributed by atoms with Gasteiger partial charge in [-0.05, 0) is 66.4 Å². The number of hydrogen-bond donors (Lipinski definition) is 0. The molecule has 2 aliphatic rings. The van der Waals surface area contributed by atoms with Crippen molar-refractivity contribution in [1.29, 1.82) is 0 Å². The maximum absolute atomic E-state index is 14.1. The predicted octanol–water partition coefficient (Wildman–Crippen LogP) is 6.47. The third-order valence-electron chi connectivity index (χ3n) is 8.89. The summed E-state index contributed by atoms with van der Waals surface area (Å²) in [4.78, 5) is 19.3. The molecule has 0 radical (unpaired) electrons. The zero-order chi connectivity index (χ0) is 31.6. The first-order valence-corrected chi connectivity index (χ1v) is 15.9. The lowest BCUT2D eigenvalue weighted by Gasteiger charge is -2.40. The largest absolute Gasteiger partial charge is 0.497 e. The second-order valence-electron chi connectivity index (χ2n) is 11.7. The fourth-order valence-corrected chi connectivity index (χ4v) is 6.25. The van der Waals surface area contributed by atoms with Crippen LogP contribution in [0.25, 0.3) is 11.6 Å². The Hall–Kier alpha value is -4.01. The van der Waals surface area contributed by atoms with Crippen LogP contribution in [0.1, 0.15) is 53.6 Å². The summed E-state index contributed by atoms with van der Waals surface area (Å²) in [5.41, 5.74) is 2.45. The average Bonchev–Trinajstić information content (AvgIpc) is 3.11. The summed E-state index contributed by atoms with van der Waals surface area (Å²) in [7, 11) is 6.31. The van der Waals surface area contributed by atoms with Gasteiger partial charge in [-0.25, -0.2) is 0 Å². The van der Waals surface area contributed by atoms with E-state index in [0.717, 1.165) is 50.1 Å². The number of piperazine rings is 1. The van der Waals surface area contributed by atoms with Crippen LogP contribution in [0.4, 0.5) is 0 Å². The van der Waals surface area contributed by atoms with Crippen molar-refractivity contribution in [3.8, 4) is 28.7 Å². The van der Waals surface area contributed by atoms with Gasteiger partial charge < -0.3 is 23.7 Å². The van der Waals surface area contributed by atoms with Crippen LogP contribution in [0.15, 0.2) is 60.7 Å². The lowest BCUT2D eigenvalue weighted by Crippen LogP contribution is -2.51. The van der Waals surface area contributed by atoms with Crippen molar-refractivity contribution in [2.75, 3.05) is 67.8 Å². The molecule has 0 atom stereocenters. The summed E-state index contributed by atoms with van der Waals surface area (Å²) in [5.74, 6) is 2.87. The first kappa shape index (κ1) is 32.4. The van der Waals surface area contributed by atoms with Crippen molar-refractivity contribution < 1.29 is 28.5 Å². The number of methoxy groups -OCH3 is 4. The number of hydrogen-bond acceptors (Lipinski definition) is 8.